The zero-order chi connectivity index (χ0) is 18.9. The van der Waals surface area contributed by atoms with E-state index in [1.807, 2.05) is 0 Å². The summed E-state index contributed by atoms with van der Waals surface area (Å²) in [4.78, 5) is 34.7. The number of carboxylic acid groups (broad SMARTS) is 3. The van der Waals surface area contributed by atoms with E-state index in [0.29, 0.717) is 6.42 Å². The Labute approximate surface area is 143 Å². The summed E-state index contributed by atoms with van der Waals surface area (Å²) in [7, 11) is 0. The highest BCUT2D eigenvalue weighted by molar-refractivity contribution is 5.77. The highest BCUT2D eigenvalue weighted by Gasteiger charge is 2.52. The summed E-state index contributed by atoms with van der Waals surface area (Å²) < 4.78 is -0.478. The first-order chi connectivity index (χ1) is 11.1. The van der Waals surface area contributed by atoms with E-state index in [-0.39, 0.29) is 6.54 Å². The molecule has 7 heteroatoms. The molecule has 0 saturated carbocycles. The number of hydrogen-bond donors (Lipinski definition) is 3. The average Bonchev–Trinajstić information content (AvgIpc) is 2.52. The highest BCUT2D eigenvalue weighted by atomic mass is 16.4. The molecule has 0 radical (unpaired) electrons. The van der Waals surface area contributed by atoms with E-state index in [0.717, 1.165) is 32.1 Å². The minimum Gasteiger partial charge on any atom is -0.477 e. The number of hydrogen-bond acceptors (Lipinski definition) is 3. The van der Waals surface area contributed by atoms with Crippen LogP contribution in [0.2, 0.25) is 0 Å². The summed E-state index contributed by atoms with van der Waals surface area (Å²) in [6.45, 7) is 6.54. The van der Waals surface area contributed by atoms with Crippen LogP contribution < -0.4 is 0 Å². The third kappa shape index (κ3) is 5.47. The maximum Gasteiger partial charge on any atom is 0.362 e. The molecule has 0 aliphatic carbocycles. The third-order valence-corrected chi connectivity index (χ3v) is 5.13. The molecular formula is C17H32NO6+. The van der Waals surface area contributed by atoms with Crippen molar-refractivity contribution in [3.8, 4) is 0 Å². The van der Waals surface area contributed by atoms with E-state index in [4.69, 9.17) is 0 Å². The van der Waals surface area contributed by atoms with Crippen molar-refractivity contribution >= 4 is 17.9 Å². The number of unbranched alkanes of at least 4 members (excludes halogenated alkanes) is 5. The molecule has 0 aromatic heterocycles. The predicted octanol–water partition coefficient (Wildman–Crippen LogP) is 2.58. The van der Waals surface area contributed by atoms with E-state index >= 15 is 0 Å². The maximum atomic E-state index is 11.6. The molecular weight excluding hydrogens is 314 g/mol. The fourth-order valence-corrected chi connectivity index (χ4v) is 3.37. The first kappa shape index (κ1) is 22.4. The van der Waals surface area contributed by atoms with Gasteiger partial charge in [0.2, 0.25) is 0 Å². The second-order valence-electron chi connectivity index (χ2n) is 6.53. The Morgan fingerprint density at radius 3 is 1.38 bits per heavy atom. The molecule has 0 heterocycles. The van der Waals surface area contributed by atoms with Gasteiger partial charge in [-0.3, -0.25) is 4.48 Å². The highest BCUT2D eigenvalue weighted by Crippen LogP contribution is 2.27. The number of nitrogens with zero attached hydrogens (tertiary/aromatic N) is 1. The lowest BCUT2D eigenvalue weighted by Crippen LogP contribution is -2.70. The van der Waals surface area contributed by atoms with Gasteiger partial charge in [0.15, 0.2) is 18.1 Å². The summed E-state index contributed by atoms with van der Waals surface area (Å²) in [6, 6.07) is -3.34. The zero-order valence-corrected chi connectivity index (χ0v) is 15.2. The molecule has 3 N–H and O–H groups in total. The standard InChI is InChI=1S/C17H31NO6/c1-5-6-7-8-9-10-11-18(12(2)15(19)20,13(3)16(21)22)14(4)17(23)24/h12-14H,5-11H2,1-4H3,(H2-,19,20,21,22,23,24)/p+1. The molecule has 3 unspecified atom stereocenters. The van der Waals surface area contributed by atoms with Crippen molar-refractivity contribution in [1.29, 1.82) is 0 Å². The van der Waals surface area contributed by atoms with Gasteiger partial charge in [-0.1, -0.05) is 32.6 Å². The maximum absolute atomic E-state index is 11.6. The van der Waals surface area contributed by atoms with Crippen LogP contribution in [0.25, 0.3) is 0 Å². The normalized spacial score (nSPS) is 17.5. The smallest absolute Gasteiger partial charge is 0.362 e. The Hall–Kier alpha value is -1.63. The first-order valence-corrected chi connectivity index (χ1v) is 8.68. The Kier molecular flexibility index (Phi) is 9.58. The molecule has 7 nitrogen and oxygen atoms in total. The topological polar surface area (TPSA) is 112 Å². The summed E-state index contributed by atoms with van der Waals surface area (Å²) in [5.41, 5.74) is 0. The first-order valence-electron chi connectivity index (χ1n) is 8.68. The summed E-state index contributed by atoms with van der Waals surface area (Å²) in [6.07, 6.45) is 5.75. The van der Waals surface area contributed by atoms with E-state index in [2.05, 4.69) is 6.92 Å². The molecule has 0 spiro atoms. The van der Waals surface area contributed by atoms with Gasteiger partial charge in [0.1, 0.15) is 0 Å². The molecule has 140 valence electrons. The van der Waals surface area contributed by atoms with Crippen LogP contribution in [0, 0.1) is 0 Å². The largest absolute Gasteiger partial charge is 0.477 e. The van der Waals surface area contributed by atoms with Crippen molar-refractivity contribution in [2.24, 2.45) is 0 Å². The number of quaternary nitrogens is 1. The fraction of sp³-hybridized carbons (Fsp3) is 0.824. The molecule has 0 aromatic rings. The fourth-order valence-electron chi connectivity index (χ4n) is 3.37. The van der Waals surface area contributed by atoms with Crippen LogP contribution >= 0.6 is 0 Å². The van der Waals surface area contributed by atoms with Crippen molar-refractivity contribution < 1.29 is 34.2 Å². The van der Waals surface area contributed by atoms with Crippen LogP contribution in [0.4, 0.5) is 0 Å². The molecule has 0 aromatic carbocycles. The van der Waals surface area contributed by atoms with Crippen LogP contribution in [-0.2, 0) is 14.4 Å². The van der Waals surface area contributed by atoms with Crippen LogP contribution in [0.3, 0.4) is 0 Å². The van der Waals surface area contributed by atoms with Crippen LogP contribution in [0.5, 0.6) is 0 Å². The van der Waals surface area contributed by atoms with Gasteiger partial charge in [0, 0.05) is 0 Å². The van der Waals surface area contributed by atoms with Crippen LogP contribution in [0.15, 0.2) is 0 Å². The van der Waals surface area contributed by atoms with E-state index in [9.17, 15) is 29.7 Å². The lowest BCUT2D eigenvalue weighted by atomic mass is 10.00. The molecule has 0 amide bonds. The number of rotatable bonds is 13. The van der Waals surface area contributed by atoms with Crippen LogP contribution in [-0.4, -0.2) is 62.4 Å². The molecule has 0 aliphatic rings. The summed E-state index contributed by atoms with van der Waals surface area (Å²) in [5, 5.41) is 28.4. The zero-order valence-electron chi connectivity index (χ0n) is 15.2. The Morgan fingerprint density at radius 2 is 1.04 bits per heavy atom. The molecule has 0 bridgehead atoms. The summed E-state index contributed by atoms with van der Waals surface area (Å²) >= 11 is 0. The van der Waals surface area contributed by atoms with E-state index in [1.54, 1.807) is 0 Å². The van der Waals surface area contributed by atoms with Gasteiger partial charge in [-0.05, 0) is 33.6 Å². The van der Waals surface area contributed by atoms with Gasteiger partial charge in [-0.2, -0.15) is 0 Å². The number of carboxylic acids is 3. The van der Waals surface area contributed by atoms with Crippen molar-refractivity contribution in [3.63, 3.8) is 0 Å². The molecule has 0 fully saturated rings. The quantitative estimate of drug-likeness (QED) is 0.349. The molecule has 0 saturated heterocycles. The Balaban J connectivity index is 5.45. The monoisotopic (exact) mass is 346 g/mol. The van der Waals surface area contributed by atoms with E-state index in [1.165, 1.54) is 20.8 Å². The van der Waals surface area contributed by atoms with Crippen molar-refractivity contribution in [2.45, 2.75) is 84.3 Å². The van der Waals surface area contributed by atoms with Crippen molar-refractivity contribution in [1.82, 2.24) is 0 Å². The van der Waals surface area contributed by atoms with Gasteiger partial charge in [0.25, 0.3) is 0 Å². The Bertz CT molecular complexity index is 386. The van der Waals surface area contributed by atoms with Crippen molar-refractivity contribution in [2.75, 3.05) is 6.54 Å². The Morgan fingerprint density at radius 1 is 0.708 bits per heavy atom. The van der Waals surface area contributed by atoms with E-state index < -0.39 is 40.5 Å². The number of carbonyl (C=O) groups is 3. The lowest BCUT2D eigenvalue weighted by molar-refractivity contribution is -0.968. The molecule has 24 heavy (non-hydrogen) atoms. The molecule has 3 atom stereocenters. The SMILES string of the molecule is CCCCCCCC[N+](C(C)C(=O)O)(C(C)C(=O)O)C(C)C(=O)O. The average molecular weight is 346 g/mol. The second-order valence-corrected chi connectivity index (χ2v) is 6.53. The molecule has 0 aliphatic heterocycles. The van der Waals surface area contributed by atoms with Gasteiger partial charge >= 0.3 is 17.9 Å². The summed E-state index contributed by atoms with van der Waals surface area (Å²) in [5.74, 6) is -3.54. The van der Waals surface area contributed by atoms with Gasteiger partial charge in [-0.25, -0.2) is 14.4 Å². The van der Waals surface area contributed by atoms with Gasteiger partial charge < -0.3 is 15.3 Å². The third-order valence-electron chi connectivity index (χ3n) is 5.13. The molecule has 0 rings (SSSR count). The minimum atomic E-state index is -1.18. The minimum absolute atomic E-state index is 0.223. The number of aliphatic carboxylic acids is 3. The predicted molar refractivity (Wildman–Crippen MR) is 89.8 cm³/mol. The van der Waals surface area contributed by atoms with Crippen LogP contribution in [0.1, 0.15) is 66.2 Å². The van der Waals surface area contributed by atoms with Gasteiger partial charge in [0.05, 0.1) is 6.54 Å². The van der Waals surface area contributed by atoms with Gasteiger partial charge in [-0.15, -0.1) is 0 Å². The van der Waals surface area contributed by atoms with Crippen molar-refractivity contribution in [3.05, 3.63) is 0 Å². The lowest BCUT2D eigenvalue weighted by Gasteiger charge is -2.47. The second kappa shape index (κ2) is 10.3.